The van der Waals surface area contributed by atoms with Gasteiger partial charge in [0.2, 0.25) is 17.6 Å². The van der Waals surface area contributed by atoms with Gasteiger partial charge < -0.3 is 14.3 Å². The fourth-order valence-electron chi connectivity index (χ4n) is 3.34. The van der Waals surface area contributed by atoms with Crippen molar-refractivity contribution in [3.05, 3.63) is 30.2 Å². The van der Waals surface area contributed by atoms with Crippen molar-refractivity contribution in [3.63, 3.8) is 0 Å². The SMILES string of the molecule is Cc1nc(-c2ccc(N3CCN(C(=O)C4CCC4)CC3)cc2)no1. The van der Waals surface area contributed by atoms with E-state index >= 15 is 0 Å². The van der Waals surface area contributed by atoms with Crippen LogP contribution in [0.25, 0.3) is 11.4 Å². The molecule has 24 heavy (non-hydrogen) atoms. The zero-order valence-corrected chi connectivity index (χ0v) is 13.9. The molecule has 0 bridgehead atoms. The Hall–Kier alpha value is -2.37. The second-order valence-electron chi connectivity index (χ2n) is 6.62. The van der Waals surface area contributed by atoms with Crippen LogP contribution >= 0.6 is 0 Å². The minimum atomic E-state index is 0.300. The summed E-state index contributed by atoms with van der Waals surface area (Å²) in [4.78, 5) is 20.9. The molecule has 0 atom stereocenters. The van der Waals surface area contributed by atoms with Gasteiger partial charge in [0, 0.05) is 50.3 Å². The van der Waals surface area contributed by atoms with Crippen LogP contribution in [-0.4, -0.2) is 47.1 Å². The van der Waals surface area contributed by atoms with E-state index in [2.05, 4.69) is 27.2 Å². The Morgan fingerprint density at radius 2 is 1.83 bits per heavy atom. The van der Waals surface area contributed by atoms with Gasteiger partial charge in [-0.3, -0.25) is 4.79 Å². The number of aromatic nitrogens is 2. The number of rotatable bonds is 3. The maximum Gasteiger partial charge on any atom is 0.225 e. The van der Waals surface area contributed by atoms with Crippen molar-refractivity contribution in [2.45, 2.75) is 26.2 Å². The van der Waals surface area contributed by atoms with Gasteiger partial charge in [-0.2, -0.15) is 4.98 Å². The van der Waals surface area contributed by atoms with Gasteiger partial charge in [-0.1, -0.05) is 11.6 Å². The average Bonchev–Trinajstić information content (AvgIpc) is 3.00. The van der Waals surface area contributed by atoms with Gasteiger partial charge in [0.1, 0.15) is 0 Å². The van der Waals surface area contributed by atoms with E-state index in [0.717, 1.165) is 44.6 Å². The Morgan fingerprint density at radius 3 is 2.38 bits per heavy atom. The second kappa shape index (κ2) is 6.26. The molecule has 2 heterocycles. The van der Waals surface area contributed by atoms with E-state index in [1.165, 1.54) is 12.1 Å². The van der Waals surface area contributed by atoms with E-state index < -0.39 is 0 Å². The van der Waals surface area contributed by atoms with Crippen molar-refractivity contribution in [1.82, 2.24) is 15.0 Å². The third-order valence-electron chi connectivity index (χ3n) is 5.06. The van der Waals surface area contributed by atoms with Gasteiger partial charge in [-0.05, 0) is 37.1 Å². The van der Waals surface area contributed by atoms with Crippen molar-refractivity contribution in [2.75, 3.05) is 31.1 Å². The lowest BCUT2D eigenvalue weighted by molar-refractivity contribution is -0.138. The molecule has 1 aliphatic heterocycles. The molecule has 1 saturated carbocycles. The summed E-state index contributed by atoms with van der Waals surface area (Å²) in [5.41, 5.74) is 2.13. The van der Waals surface area contributed by atoms with Crippen molar-refractivity contribution in [1.29, 1.82) is 0 Å². The van der Waals surface area contributed by atoms with E-state index in [1.807, 2.05) is 17.0 Å². The third-order valence-corrected chi connectivity index (χ3v) is 5.06. The molecule has 6 heteroatoms. The predicted molar refractivity (Wildman–Crippen MR) is 90.6 cm³/mol. The van der Waals surface area contributed by atoms with Gasteiger partial charge in [-0.15, -0.1) is 0 Å². The highest BCUT2D eigenvalue weighted by molar-refractivity contribution is 5.80. The summed E-state index contributed by atoms with van der Waals surface area (Å²) in [6.07, 6.45) is 3.37. The smallest absolute Gasteiger partial charge is 0.225 e. The molecule has 0 radical (unpaired) electrons. The van der Waals surface area contributed by atoms with Gasteiger partial charge in [0.05, 0.1) is 0 Å². The number of piperazine rings is 1. The topological polar surface area (TPSA) is 62.5 Å². The molecular formula is C18H22N4O2. The Morgan fingerprint density at radius 1 is 1.12 bits per heavy atom. The normalized spacial score (nSPS) is 18.5. The molecule has 2 aliphatic rings. The first kappa shape index (κ1) is 15.2. The first-order chi connectivity index (χ1) is 11.7. The van der Waals surface area contributed by atoms with Gasteiger partial charge in [0.25, 0.3) is 0 Å². The summed E-state index contributed by atoms with van der Waals surface area (Å²) in [7, 11) is 0. The zero-order chi connectivity index (χ0) is 16.5. The molecule has 1 aliphatic carbocycles. The zero-order valence-electron chi connectivity index (χ0n) is 13.9. The molecule has 2 fully saturated rings. The Labute approximate surface area is 141 Å². The number of anilines is 1. The maximum atomic E-state index is 12.3. The fraction of sp³-hybridized carbons (Fsp3) is 0.500. The van der Waals surface area contributed by atoms with Crippen LogP contribution in [0.4, 0.5) is 5.69 Å². The standard InChI is InChI=1S/C18H22N4O2/c1-13-19-17(20-24-13)14-5-7-16(8-6-14)21-9-11-22(12-10-21)18(23)15-3-2-4-15/h5-8,15H,2-4,9-12H2,1H3. The lowest BCUT2D eigenvalue weighted by atomic mass is 9.84. The minimum absolute atomic E-state index is 0.300. The molecule has 0 unspecified atom stereocenters. The number of hydrogen-bond acceptors (Lipinski definition) is 5. The summed E-state index contributed by atoms with van der Waals surface area (Å²) in [5.74, 6) is 1.86. The number of aryl methyl sites for hydroxylation is 1. The summed E-state index contributed by atoms with van der Waals surface area (Å²) in [6.45, 7) is 5.20. The summed E-state index contributed by atoms with van der Waals surface area (Å²) in [6, 6.07) is 8.21. The van der Waals surface area contributed by atoms with Gasteiger partial charge >= 0.3 is 0 Å². The number of hydrogen-bond donors (Lipinski definition) is 0. The van der Waals surface area contributed by atoms with Crippen molar-refractivity contribution in [2.24, 2.45) is 5.92 Å². The first-order valence-electron chi connectivity index (χ1n) is 8.65. The quantitative estimate of drug-likeness (QED) is 0.867. The predicted octanol–water partition coefficient (Wildman–Crippen LogP) is 2.49. The van der Waals surface area contributed by atoms with Crippen molar-refractivity contribution < 1.29 is 9.32 Å². The number of amides is 1. The summed E-state index contributed by atoms with van der Waals surface area (Å²) >= 11 is 0. The Balaban J connectivity index is 1.38. The Kier molecular flexibility index (Phi) is 3.96. The largest absolute Gasteiger partial charge is 0.368 e. The highest BCUT2D eigenvalue weighted by Crippen LogP contribution is 2.29. The van der Waals surface area contributed by atoms with Crippen LogP contribution in [0.2, 0.25) is 0 Å². The lowest BCUT2D eigenvalue weighted by Gasteiger charge is -2.39. The molecule has 6 nitrogen and oxygen atoms in total. The molecule has 1 aromatic heterocycles. The fourth-order valence-corrected chi connectivity index (χ4v) is 3.34. The minimum Gasteiger partial charge on any atom is -0.368 e. The monoisotopic (exact) mass is 326 g/mol. The number of nitrogens with zero attached hydrogens (tertiary/aromatic N) is 4. The molecule has 0 N–H and O–H groups in total. The van der Waals surface area contributed by atoms with Crippen LogP contribution in [0.15, 0.2) is 28.8 Å². The van der Waals surface area contributed by atoms with Crippen LogP contribution < -0.4 is 4.90 Å². The van der Waals surface area contributed by atoms with Crippen LogP contribution in [0.1, 0.15) is 25.2 Å². The van der Waals surface area contributed by atoms with Crippen molar-refractivity contribution >= 4 is 11.6 Å². The van der Waals surface area contributed by atoms with Crippen molar-refractivity contribution in [3.8, 4) is 11.4 Å². The summed E-state index contributed by atoms with van der Waals surface area (Å²) < 4.78 is 5.02. The molecule has 1 saturated heterocycles. The molecule has 0 spiro atoms. The Bertz CT molecular complexity index is 713. The molecule has 1 amide bonds. The highest BCUT2D eigenvalue weighted by atomic mass is 16.5. The summed E-state index contributed by atoms with van der Waals surface area (Å²) in [5, 5.41) is 3.94. The molecular weight excluding hydrogens is 304 g/mol. The maximum absolute atomic E-state index is 12.3. The molecule has 2 aromatic rings. The lowest BCUT2D eigenvalue weighted by Crippen LogP contribution is -2.51. The van der Waals surface area contributed by atoms with Gasteiger partial charge in [-0.25, -0.2) is 0 Å². The first-order valence-corrected chi connectivity index (χ1v) is 8.65. The molecule has 126 valence electrons. The third kappa shape index (κ3) is 2.88. The molecule has 4 rings (SSSR count). The van der Waals surface area contributed by atoms with E-state index in [0.29, 0.717) is 23.5 Å². The second-order valence-corrected chi connectivity index (χ2v) is 6.62. The van der Waals surface area contributed by atoms with E-state index in [9.17, 15) is 4.79 Å². The number of benzene rings is 1. The average molecular weight is 326 g/mol. The van der Waals surface area contributed by atoms with Gasteiger partial charge in [0.15, 0.2) is 0 Å². The van der Waals surface area contributed by atoms with E-state index in [1.54, 1.807) is 6.92 Å². The van der Waals surface area contributed by atoms with Crippen LogP contribution in [0, 0.1) is 12.8 Å². The van der Waals surface area contributed by atoms with Crippen LogP contribution in [0.5, 0.6) is 0 Å². The van der Waals surface area contributed by atoms with Crippen LogP contribution in [0.3, 0.4) is 0 Å². The highest BCUT2D eigenvalue weighted by Gasteiger charge is 2.31. The van der Waals surface area contributed by atoms with E-state index in [4.69, 9.17) is 4.52 Å². The van der Waals surface area contributed by atoms with Crippen LogP contribution in [-0.2, 0) is 4.79 Å². The van der Waals surface area contributed by atoms with E-state index in [-0.39, 0.29) is 0 Å². The number of carbonyl (C=O) groups is 1. The molecule has 1 aromatic carbocycles. The number of carbonyl (C=O) groups excluding carboxylic acids is 1.